The molecule has 0 unspecified atom stereocenters. The topological polar surface area (TPSA) is 59.4 Å². The number of thioether (sulfide) groups is 1. The number of anilines is 1. The van der Waals surface area contributed by atoms with Gasteiger partial charge in [0.15, 0.2) is 11.0 Å². The van der Waals surface area contributed by atoms with Gasteiger partial charge in [-0.15, -0.1) is 0 Å². The number of halogens is 3. The Morgan fingerprint density at radius 1 is 1.25 bits per heavy atom. The number of nitrogens with one attached hydrogen (secondary N) is 1. The summed E-state index contributed by atoms with van der Waals surface area (Å²) in [6.45, 7) is 1.61. The smallest absolute Gasteiger partial charge is 0.416 e. The number of hydrogen-bond acceptors (Lipinski definition) is 6. The minimum atomic E-state index is -4.39. The molecule has 0 aliphatic carbocycles. The first-order valence-corrected chi connectivity index (χ1v) is 8.01. The first kappa shape index (κ1) is 18.1. The van der Waals surface area contributed by atoms with E-state index < -0.39 is 11.7 Å². The molecule has 1 aromatic heterocycles. The van der Waals surface area contributed by atoms with Crippen molar-refractivity contribution in [3.8, 4) is 5.88 Å². The molecule has 0 amide bonds. The van der Waals surface area contributed by atoms with Crippen LogP contribution in [0.4, 0.5) is 19.0 Å². The van der Waals surface area contributed by atoms with Crippen LogP contribution in [0, 0.1) is 0 Å². The highest BCUT2D eigenvalue weighted by atomic mass is 32.2. The van der Waals surface area contributed by atoms with Crippen LogP contribution in [0.15, 0.2) is 40.6 Å². The number of aromatic nitrogens is 2. The number of ether oxygens (including phenoxy) is 1. The summed E-state index contributed by atoms with van der Waals surface area (Å²) in [6.07, 6.45) is -2.58. The molecule has 2 rings (SSSR count). The Hall–Kier alpha value is -2.29. The van der Waals surface area contributed by atoms with Crippen LogP contribution in [0.25, 0.3) is 0 Å². The van der Waals surface area contributed by atoms with Crippen molar-refractivity contribution in [2.45, 2.75) is 18.3 Å². The number of nitrogens with zero attached hydrogens (tertiary/aromatic N) is 3. The molecule has 0 aliphatic rings. The molecule has 9 heteroatoms. The molecule has 0 atom stereocenters. The number of benzene rings is 1. The van der Waals surface area contributed by atoms with E-state index in [2.05, 4.69) is 20.5 Å². The number of hydrazone groups is 1. The quantitative estimate of drug-likeness (QED) is 0.379. The van der Waals surface area contributed by atoms with Crippen molar-refractivity contribution in [2.24, 2.45) is 5.10 Å². The predicted octanol–water partition coefficient (Wildman–Crippen LogP) is 4.06. The van der Waals surface area contributed by atoms with E-state index in [1.165, 1.54) is 24.9 Å². The summed E-state index contributed by atoms with van der Waals surface area (Å²) in [4.78, 5) is 8.31. The SMILES string of the molecule is COc1cc(N/N=C(/C)c2cccc(C(F)(F)F)c2)nc(SC)n1. The molecular weight excluding hydrogens is 341 g/mol. The van der Waals surface area contributed by atoms with E-state index >= 15 is 0 Å². The zero-order chi connectivity index (χ0) is 17.7. The van der Waals surface area contributed by atoms with Gasteiger partial charge in [-0.1, -0.05) is 23.9 Å². The summed E-state index contributed by atoms with van der Waals surface area (Å²) in [5, 5.41) is 4.57. The van der Waals surface area contributed by atoms with Gasteiger partial charge in [0.25, 0.3) is 0 Å². The molecular formula is C15H15F3N4OS. The molecule has 0 bridgehead atoms. The van der Waals surface area contributed by atoms with Crippen molar-refractivity contribution in [2.75, 3.05) is 18.8 Å². The molecule has 1 heterocycles. The lowest BCUT2D eigenvalue weighted by molar-refractivity contribution is -0.137. The fourth-order valence-corrected chi connectivity index (χ4v) is 2.15. The molecule has 0 radical (unpaired) electrons. The van der Waals surface area contributed by atoms with Gasteiger partial charge in [0.05, 0.1) is 18.4 Å². The highest BCUT2D eigenvalue weighted by molar-refractivity contribution is 7.98. The second-order valence-electron chi connectivity index (χ2n) is 4.67. The zero-order valence-corrected chi connectivity index (χ0v) is 14.0. The van der Waals surface area contributed by atoms with E-state index in [4.69, 9.17) is 4.74 Å². The Morgan fingerprint density at radius 3 is 2.62 bits per heavy atom. The molecule has 0 fully saturated rings. The first-order chi connectivity index (χ1) is 11.3. The van der Waals surface area contributed by atoms with Gasteiger partial charge < -0.3 is 4.74 Å². The van der Waals surface area contributed by atoms with Crippen molar-refractivity contribution >= 4 is 23.3 Å². The first-order valence-electron chi connectivity index (χ1n) is 6.78. The summed E-state index contributed by atoms with van der Waals surface area (Å²) < 4.78 is 43.3. The molecule has 0 spiro atoms. The minimum Gasteiger partial charge on any atom is -0.481 e. The lowest BCUT2D eigenvalue weighted by atomic mass is 10.1. The zero-order valence-electron chi connectivity index (χ0n) is 13.2. The van der Waals surface area contributed by atoms with Crippen LogP contribution in [-0.2, 0) is 6.18 Å². The molecule has 5 nitrogen and oxygen atoms in total. The van der Waals surface area contributed by atoms with E-state index in [0.717, 1.165) is 12.1 Å². The maximum absolute atomic E-state index is 12.8. The van der Waals surface area contributed by atoms with Gasteiger partial charge in [-0.05, 0) is 30.9 Å². The average Bonchev–Trinajstić information content (AvgIpc) is 2.58. The summed E-state index contributed by atoms with van der Waals surface area (Å²) in [7, 11) is 1.48. The van der Waals surface area contributed by atoms with Crippen LogP contribution >= 0.6 is 11.8 Å². The normalized spacial score (nSPS) is 12.2. The highest BCUT2D eigenvalue weighted by Crippen LogP contribution is 2.29. The third kappa shape index (κ3) is 4.60. The van der Waals surface area contributed by atoms with Crippen LogP contribution in [0.1, 0.15) is 18.1 Å². The average molecular weight is 356 g/mol. The van der Waals surface area contributed by atoms with E-state index in [0.29, 0.717) is 28.1 Å². The van der Waals surface area contributed by atoms with Gasteiger partial charge in [0, 0.05) is 6.07 Å². The highest BCUT2D eigenvalue weighted by Gasteiger charge is 2.30. The lowest BCUT2D eigenvalue weighted by Crippen LogP contribution is -2.07. The minimum absolute atomic E-state index is 0.364. The van der Waals surface area contributed by atoms with E-state index in [9.17, 15) is 13.2 Å². The van der Waals surface area contributed by atoms with Gasteiger partial charge in [-0.3, -0.25) is 5.43 Å². The predicted molar refractivity (Wildman–Crippen MR) is 87.6 cm³/mol. The Labute approximate surface area is 141 Å². The second kappa shape index (κ2) is 7.52. The third-order valence-corrected chi connectivity index (χ3v) is 3.57. The lowest BCUT2D eigenvalue weighted by Gasteiger charge is -2.09. The maximum Gasteiger partial charge on any atom is 0.416 e. The van der Waals surface area contributed by atoms with Crippen molar-refractivity contribution < 1.29 is 17.9 Å². The van der Waals surface area contributed by atoms with Crippen molar-refractivity contribution in [1.29, 1.82) is 0 Å². The number of alkyl halides is 3. The van der Waals surface area contributed by atoms with Crippen molar-refractivity contribution in [1.82, 2.24) is 9.97 Å². The Kier molecular flexibility index (Phi) is 5.66. The fraction of sp³-hybridized carbons (Fsp3) is 0.267. The number of rotatable bonds is 5. The van der Waals surface area contributed by atoms with Gasteiger partial charge >= 0.3 is 6.18 Å². The Bertz CT molecular complexity index is 727. The van der Waals surface area contributed by atoms with E-state index in [-0.39, 0.29) is 0 Å². The largest absolute Gasteiger partial charge is 0.481 e. The summed E-state index contributed by atoms with van der Waals surface area (Å²) in [5.41, 5.74) is 2.75. The van der Waals surface area contributed by atoms with E-state index in [1.54, 1.807) is 19.1 Å². The van der Waals surface area contributed by atoms with Gasteiger partial charge in [-0.25, -0.2) is 4.98 Å². The van der Waals surface area contributed by atoms with Gasteiger partial charge in [0.2, 0.25) is 5.88 Å². The molecule has 1 aromatic carbocycles. The Morgan fingerprint density at radius 2 is 2.00 bits per heavy atom. The Balaban J connectivity index is 2.23. The van der Waals surface area contributed by atoms with Gasteiger partial charge in [0.1, 0.15) is 0 Å². The van der Waals surface area contributed by atoms with Crippen molar-refractivity contribution in [3.05, 3.63) is 41.5 Å². The van der Waals surface area contributed by atoms with Crippen LogP contribution < -0.4 is 10.2 Å². The van der Waals surface area contributed by atoms with Crippen LogP contribution in [0.3, 0.4) is 0 Å². The third-order valence-electron chi connectivity index (χ3n) is 3.02. The summed E-state index contributed by atoms with van der Waals surface area (Å²) in [6, 6.07) is 6.52. The molecule has 128 valence electrons. The number of hydrogen-bond donors (Lipinski definition) is 1. The molecule has 0 aliphatic heterocycles. The van der Waals surface area contributed by atoms with Crippen LogP contribution in [0.2, 0.25) is 0 Å². The van der Waals surface area contributed by atoms with Crippen molar-refractivity contribution in [3.63, 3.8) is 0 Å². The fourth-order valence-electron chi connectivity index (χ4n) is 1.78. The van der Waals surface area contributed by atoms with Crippen LogP contribution in [-0.4, -0.2) is 29.0 Å². The summed E-state index contributed by atoms with van der Waals surface area (Å²) in [5.74, 6) is 0.751. The van der Waals surface area contributed by atoms with Crippen LogP contribution in [0.5, 0.6) is 5.88 Å². The molecule has 0 saturated carbocycles. The van der Waals surface area contributed by atoms with Gasteiger partial charge in [-0.2, -0.15) is 23.3 Å². The monoisotopic (exact) mass is 356 g/mol. The second-order valence-corrected chi connectivity index (χ2v) is 5.44. The standard InChI is InChI=1S/C15H15F3N4OS/c1-9(10-5-4-6-11(7-10)15(16,17)18)21-22-12-8-13(23-2)20-14(19-12)24-3/h4-8H,1-3H3,(H,19,20,22)/b21-9-. The molecule has 1 N–H and O–H groups in total. The summed E-state index contributed by atoms with van der Waals surface area (Å²) >= 11 is 1.33. The molecule has 2 aromatic rings. The van der Waals surface area contributed by atoms with E-state index in [1.807, 2.05) is 6.26 Å². The maximum atomic E-state index is 12.8. The molecule has 24 heavy (non-hydrogen) atoms. The molecule has 0 saturated heterocycles. The number of methoxy groups -OCH3 is 1.